The molecule has 4 aromatic rings. The molecule has 3 aromatic carbocycles. The van der Waals surface area contributed by atoms with Crippen LogP contribution in [0.5, 0.6) is 0 Å². The van der Waals surface area contributed by atoms with Crippen LogP contribution >= 0.6 is 11.6 Å². The third-order valence-electron chi connectivity index (χ3n) is 6.56. The van der Waals surface area contributed by atoms with Gasteiger partial charge in [0, 0.05) is 36.3 Å². The van der Waals surface area contributed by atoms with Gasteiger partial charge in [0.05, 0.1) is 24.1 Å². The largest absolute Gasteiger partial charge is 0.379 e. The summed E-state index contributed by atoms with van der Waals surface area (Å²) in [5, 5.41) is 3.86. The van der Waals surface area contributed by atoms with Crippen LogP contribution in [0.3, 0.4) is 0 Å². The quantitative estimate of drug-likeness (QED) is 0.373. The van der Waals surface area contributed by atoms with Crippen molar-refractivity contribution < 1.29 is 9.53 Å². The highest BCUT2D eigenvalue weighted by Gasteiger charge is 2.17. The van der Waals surface area contributed by atoms with Crippen molar-refractivity contribution in [3.8, 4) is 22.5 Å². The lowest BCUT2D eigenvalue weighted by molar-refractivity contribution is -0.122. The Morgan fingerprint density at radius 1 is 1.00 bits per heavy atom. The average molecular weight is 531 g/mol. The molecule has 1 saturated heterocycles. The lowest BCUT2D eigenvalue weighted by Gasteiger charge is -2.26. The summed E-state index contributed by atoms with van der Waals surface area (Å²) in [4.78, 5) is 33.7. The lowest BCUT2D eigenvalue weighted by Crippen LogP contribution is -2.37. The normalized spacial score (nSPS) is 14.2. The van der Waals surface area contributed by atoms with Gasteiger partial charge in [-0.05, 0) is 60.9 Å². The first kappa shape index (κ1) is 26.1. The Hall–Kier alpha value is -3.52. The molecule has 196 valence electrons. The number of hydrogen-bond donors (Lipinski definition) is 1. The first-order valence-corrected chi connectivity index (χ1v) is 13.2. The Balaban J connectivity index is 1.56. The summed E-state index contributed by atoms with van der Waals surface area (Å²) in [6, 6.07) is 21.2. The number of hydrogen-bond acceptors (Lipinski definition) is 5. The Morgan fingerprint density at radius 2 is 1.74 bits per heavy atom. The zero-order valence-electron chi connectivity index (χ0n) is 21.6. The van der Waals surface area contributed by atoms with Crippen LogP contribution in [0, 0.1) is 0 Å². The summed E-state index contributed by atoms with van der Waals surface area (Å²) in [6.45, 7) is 7.85. The molecule has 0 spiro atoms. The molecule has 0 unspecified atom stereocenters. The van der Waals surface area contributed by atoms with Gasteiger partial charge in [-0.3, -0.25) is 19.1 Å². The van der Waals surface area contributed by atoms with E-state index >= 15 is 0 Å². The topological polar surface area (TPSA) is 76.5 Å². The monoisotopic (exact) mass is 530 g/mol. The van der Waals surface area contributed by atoms with Crippen molar-refractivity contribution in [1.82, 2.24) is 19.8 Å². The molecule has 1 amide bonds. The second-order valence-corrected chi connectivity index (χ2v) is 10.3. The molecule has 1 aliphatic heterocycles. The Bertz CT molecular complexity index is 1530. The average Bonchev–Trinajstić information content (AvgIpc) is 2.90. The van der Waals surface area contributed by atoms with Gasteiger partial charge in [-0.2, -0.15) is 0 Å². The van der Waals surface area contributed by atoms with Crippen molar-refractivity contribution in [2.75, 3.05) is 26.3 Å². The number of halogens is 1. The van der Waals surface area contributed by atoms with E-state index in [1.165, 1.54) is 10.1 Å². The van der Waals surface area contributed by atoms with Crippen LogP contribution in [-0.4, -0.2) is 52.7 Å². The minimum atomic E-state index is -0.268. The van der Waals surface area contributed by atoms with Gasteiger partial charge in [-0.1, -0.05) is 48.0 Å². The van der Waals surface area contributed by atoms with E-state index in [-0.39, 0.29) is 24.1 Å². The van der Waals surface area contributed by atoms with E-state index in [1.807, 2.05) is 50.2 Å². The van der Waals surface area contributed by atoms with E-state index in [0.717, 1.165) is 44.0 Å². The van der Waals surface area contributed by atoms with Crippen molar-refractivity contribution in [1.29, 1.82) is 0 Å². The molecule has 1 aromatic heterocycles. The molecule has 1 fully saturated rings. The Morgan fingerprint density at radius 3 is 2.50 bits per heavy atom. The van der Waals surface area contributed by atoms with Crippen LogP contribution in [-0.2, 0) is 22.6 Å². The highest BCUT2D eigenvalue weighted by atomic mass is 35.5. The molecule has 1 aliphatic rings. The number of carbonyl (C=O) groups is 1. The number of ether oxygens (including phenoxy) is 1. The standard InChI is InChI=1S/C30H31ClN4O3/c1-20(2)32-28(36)19-35-29(24-7-4-8-25(31)16-24)33-27-10-9-23(17-26(27)30(35)37)22-6-3-5-21(15-22)18-34-11-13-38-14-12-34/h3-10,15-17,20H,11-14,18-19H2,1-2H3,(H,32,36). The van der Waals surface area contributed by atoms with Gasteiger partial charge in [0.1, 0.15) is 12.4 Å². The van der Waals surface area contributed by atoms with Gasteiger partial charge < -0.3 is 10.1 Å². The second-order valence-electron chi connectivity index (χ2n) is 9.88. The van der Waals surface area contributed by atoms with Gasteiger partial charge in [0.15, 0.2) is 0 Å². The van der Waals surface area contributed by atoms with Crippen molar-refractivity contribution in [2.24, 2.45) is 0 Å². The number of amides is 1. The first-order valence-electron chi connectivity index (χ1n) is 12.9. The van der Waals surface area contributed by atoms with E-state index in [2.05, 4.69) is 22.3 Å². The lowest BCUT2D eigenvalue weighted by atomic mass is 10.0. The van der Waals surface area contributed by atoms with E-state index in [9.17, 15) is 9.59 Å². The van der Waals surface area contributed by atoms with Crippen LogP contribution < -0.4 is 10.9 Å². The van der Waals surface area contributed by atoms with E-state index in [4.69, 9.17) is 21.3 Å². The highest BCUT2D eigenvalue weighted by molar-refractivity contribution is 6.30. The number of aromatic nitrogens is 2. The predicted molar refractivity (Wildman–Crippen MR) is 151 cm³/mol. The zero-order valence-corrected chi connectivity index (χ0v) is 22.4. The van der Waals surface area contributed by atoms with Gasteiger partial charge in [-0.25, -0.2) is 4.98 Å². The molecule has 2 heterocycles. The summed E-state index contributed by atoms with van der Waals surface area (Å²) in [5.41, 5.74) is 4.14. The SMILES string of the molecule is CC(C)NC(=O)Cn1c(-c2cccc(Cl)c2)nc2ccc(-c3cccc(CN4CCOCC4)c3)cc2c1=O. The smallest absolute Gasteiger partial charge is 0.262 e. The first-order chi connectivity index (χ1) is 18.4. The highest BCUT2D eigenvalue weighted by Crippen LogP contribution is 2.26. The molecule has 5 rings (SSSR count). The molecule has 0 bridgehead atoms. The number of nitrogens with zero attached hydrogens (tertiary/aromatic N) is 3. The van der Waals surface area contributed by atoms with Gasteiger partial charge >= 0.3 is 0 Å². The fourth-order valence-electron chi connectivity index (χ4n) is 4.77. The summed E-state index contributed by atoms with van der Waals surface area (Å²) >= 11 is 6.24. The summed E-state index contributed by atoms with van der Waals surface area (Å²) < 4.78 is 6.90. The van der Waals surface area contributed by atoms with Crippen molar-refractivity contribution in [2.45, 2.75) is 33.0 Å². The van der Waals surface area contributed by atoms with E-state index in [1.54, 1.807) is 18.2 Å². The molecular weight excluding hydrogens is 500 g/mol. The molecule has 38 heavy (non-hydrogen) atoms. The molecule has 8 heteroatoms. The maximum Gasteiger partial charge on any atom is 0.262 e. The maximum atomic E-state index is 13.8. The minimum Gasteiger partial charge on any atom is -0.379 e. The fourth-order valence-corrected chi connectivity index (χ4v) is 4.96. The van der Waals surface area contributed by atoms with Crippen molar-refractivity contribution in [3.05, 3.63) is 87.7 Å². The predicted octanol–water partition coefficient (Wildman–Crippen LogP) is 4.74. The van der Waals surface area contributed by atoms with Gasteiger partial charge in [-0.15, -0.1) is 0 Å². The second kappa shape index (κ2) is 11.5. The Labute approximate surface area is 227 Å². The molecule has 0 aliphatic carbocycles. The zero-order chi connectivity index (χ0) is 26.6. The van der Waals surface area contributed by atoms with E-state index < -0.39 is 0 Å². The van der Waals surface area contributed by atoms with E-state index in [0.29, 0.717) is 27.3 Å². The Kier molecular flexibility index (Phi) is 7.88. The van der Waals surface area contributed by atoms with Crippen molar-refractivity contribution in [3.63, 3.8) is 0 Å². The van der Waals surface area contributed by atoms with Crippen molar-refractivity contribution >= 4 is 28.4 Å². The third kappa shape index (κ3) is 5.96. The molecular formula is C30H31ClN4O3. The van der Waals surface area contributed by atoms with Crippen LogP contribution in [0.1, 0.15) is 19.4 Å². The van der Waals surface area contributed by atoms with Crippen LogP contribution in [0.2, 0.25) is 5.02 Å². The molecule has 0 saturated carbocycles. The van der Waals surface area contributed by atoms with Crippen LogP contribution in [0.4, 0.5) is 0 Å². The maximum absolute atomic E-state index is 13.8. The number of fused-ring (bicyclic) bond motifs is 1. The minimum absolute atomic E-state index is 0.0439. The number of carbonyl (C=O) groups excluding carboxylic acids is 1. The molecule has 0 radical (unpaired) electrons. The van der Waals surface area contributed by atoms with Gasteiger partial charge in [0.25, 0.3) is 5.56 Å². The number of nitrogens with one attached hydrogen (secondary N) is 1. The number of rotatable bonds is 7. The summed E-state index contributed by atoms with van der Waals surface area (Å²) in [7, 11) is 0. The molecule has 7 nitrogen and oxygen atoms in total. The molecule has 0 atom stereocenters. The number of morpholine rings is 1. The number of benzene rings is 3. The third-order valence-corrected chi connectivity index (χ3v) is 6.79. The van der Waals surface area contributed by atoms with Crippen LogP contribution in [0.15, 0.2) is 71.5 Å². The van der Waals surface area contributed by atoms with Gasteiger partial charge in [0.2, 0.25) is 5.91 Å². The molecule has 1 N–H and O–H groups in total. The van der Waals surface area contributed by atoms with Crippen LogP contribution in [0.25, 0.3) is 33.4 Å². The summed E-state index contributed by atoms with van der Waals surface area (Å²) in [6.07, 6.45) is 0. The summed E-state index contributed by atoms with van der Waals surface area (Å²) in [5.74, 6) is 0.155. The fraction of sp³-hybridized carbons (Fsp3) is 0.300.